The van der Waals surface area contributed by atoms with Crippen LogP contribution in [0.15, 0.2) is 0 Å². The third-order valence-corrected chi connectivity index (χ3v) is 2.60. The van der Waals surface area contributed by atoms with E-state index in [1.165, 1.54) is 0 Å². The maximum absolute atomic E-state index is 11.7. The number of ether oxygens (including phenoxy) is 1. The molecule has 0 unspecified atom stereocenters. The summed E-state index contributed by atoms with van der Waals surface area (Å²) in [6.07, 6.45) is 4.08. The molecular weight excluding hydrogens is 183 g/mol. The van der Waals surface area contributed by atoms with E-state index >= 15 is 0 Å². The first-order chi connectivity index (χ1) is 6.83. The molecule has 0 radical (unpaired) electrons. The zero-order valence-electron chi connectivity index (χ0n) is 8.39. The van der Waals surface area contributed by atoms with E-state index in [1.807, 2.05) is 0 Å². The molecule has 1 saturated carbocycles. The summed E-state index contributed by atoms with van der Waals surface area (Å²) in [5, 5.41) is 12.2. The average molecular weight is 200 g/mol. The molecule has 80 valence electrons. The van der Waals surface area contributed by atoms with Gasteiger partial charge in [-0.1, -0.05) is 12.8 Å². The van der Waals surface area contributed by atoms with Crippen LogP contribution < -0.4 is 5.32 Å². The van der Waals surface area contributed by atoms with Crippen LogP contribution in [0, 0.1) is 11.3 Å². The van der Waals surface area contributed by atoms with Crippen molar-refractivity contribution in [2.75, 3.05) is 26.4 Å². The monoisotopic (exact) mass is 200 g/mol. The number of halogens is 1. The molecule has 1 fully saturated rings. The van der Waals surface area contributed by atoms with E-state index in [1.54, 1.807) is 0 Å². The molecule has 0 bridgehead atoms. The van der Waals surface area contributed by atoms with Gasteiger partial charge in [-0.3, -0.25) is 5.32 Å². The fourth-order valence-electron chi connectivity index (χ4n) is 1.83. The summed E-state index contributed by atoms with van der Waals surface area (Å²) < 4.78 is 16.7. The second kappa shape index (κ2) is 5.94. The first-order valence-corrected chi connectivity index (χ1v) is 5.13. The zero-order chi connectivity index (χ0) is 10.3. The van der Waals surface area contributed by atoms with Crippen molar-refractivity contribution in [3.8, 4) is 6.07 Å². The molecule has 0 aromatic rings. The molecule has 0 aromatic carbocycles. The molecule has 1 N–H and O–H groups in total. The van der Waals surface area contributed by atoms with Crippen LogP contribution in [0.3, 0.4) is 0 Å². The van der Waals surface area contributed by atoms with E-state index in [9.17, 15) is 4.39 Å². The largest absolute Gasteiger partial charge is 0.377 e. The number of alkyl halides is 1. The summed E-state index contributed by atoms with van der Waals surface area (Å²) in [5.41, 5.74) is -0.334. The van der Waals surface area contributed by atoms with Gasteiger partial charge in [0.15, 0.2) is 0 Å². The van der Waals surface area contributed by atoms with Crippen LogP contribution in [0.1, 0.15) is 25.7 Å². The van der Waals surface area contributed by atoms with Gasteiger partial charge in [-0.25, -0.2) is 4.39 Å². The number of hydrogen-bond acceptors (Lipinski definition) is 3. The van der Waals surface area contributed by atoms with Crippen LogP contribution in [-0.4, -0.2) is 32.0 Å². The van der Waals surface area contributed by atoms with Gasteiger partial charge in [0.05, 0.1) is 19.3 Å². The molecule has 0 spiro atoms. The minimum absolute atomic E-state index is 0.154. The summed E-state index contributed by atoms with van der Waals surface area (Å²) >= 11 is 0. The van der Waals surface area contributed by atoms with Crippen molar-refractivity contribution in [1.29, 1.82) is 5.26 Å². The topological polar surface area (TPSA) is 45.0 Å². The maximum Gasteiger partial charge on any atom is 0.113 e. The van der Waals surface area contributed by atoms with E-state index in [4.69, 9.17) is 10.00 Å². The minimum Gasteiger partial charge on any atom is -0.377 e. The predicted molar refractivity (Wildman–Crippen MR) is 51.6 cm³/mol. The molecule has 0 aromatic heterocycles. The molecule has 0 aliphatic heterocycles. The maximum atomic E-state index is 11.7. The Bertz CT molecular complexity index is 197. The smallest absolute Gasteiger partial charge is 0.113 e. The zero-order valence-corrected chi connectivity index (χ0v) is 8.39. The fourth-order valence-corrected chi connectivity index (χ4v) is 1.83. The molecule has 0 atom stereocenters. The van der Waals surface area contributed by atoms with Gasteiger partial charge in [-0.15, -0.1) is 0 Å². The lowest BCUT2D eigenvalue weighted by molar-refractivity contribution is 0.117. The molecule has 1 aliphatic rings. The summed E-state index contributed by atoms with van der Waals surface area (Å²) in [6.45, 7) is 0.825. The van der Waals surface area contributed by atoms with Gasteiger partial charge in [0.25, 0.3) is 0 Å². The Morgan fingerprint density at radius 1 is 1.36 bits per heavy atom. The molecule has 0 amide bonds. The van der Waals surface area contributed by atoms with E-state index in [0.717, 1.165) is 25.7 Å². The standard InChI is InChI=1S/C10H17FN2O/c11-5-7-14-8-6-13-10(9-12)3-1-2-4-10/h13H,1-8H2. The average Bonchev–Trinajstić information content (AvgIpc) is 2.67. The van der Waals surface area contributed by atoms with Gasteiger partial charge < -0.3 is 4.74 Å². The lowest BCUT2D eigenvalue weighted by Crippen LogP contribution is -2.42. The van der Waals surface area contributed by atoms with Crippen LogP contribution in [0.4, 0.5) is 4.39 Å². The van der Waals surface area contributed by atoms with Crippen molar-refractivity contribution >= 4 is 0 Å². The van der Waals surface area contributed by atoms with Gasteiger partial charge in [-0.05, 0) is 12.8 Å². The fraction of sp³-hybridized carbons (Fsp3) is 0.900. The highest BCUT2D eigenvalue weighted by Gasteiger charge is 2.32. The van der Waals surface area contributed by atoms with Gasteiger partial charge in [0.1, 0.15) is 12.2 Å². The van der Waals surface area contributed by atoms with E-state index < -0.39 is 6.67 Å². The third-order valence-electron chi connectivity index (χ3n) is 2.60. The van der Waals surface area contributed by atoms with Crippen LogP contribution >= 0.6 is 0 Å². The first-order valence-electron chi connectivity index (χ1n) is 5.13. The highest BCUT2D eigenvalue weighted by atomic mass is 19.1. The van der Waals surface area contributed by atoms with Crippen molar-refractivity contribution in [2.45, 2.75) is 31.2 Å². The SMILES string of the molecule is N#CC1(NCCOCCF)CCCC1. The molecule has 4 heteroatoms. The summed E-state index contributed by atoms with van der Waals surface area (Å²) in [5.74, 6) is 0. The van der Waals surface area contributed by atoms with Crippen LogP contribution in [-0.2, 0) is 4.74 Å². The van der Waals surface area contributed by atoms with Crippen LogP contribution in [0.25, 0.3) is 0 Å². The number of nitrogens with zero attached hydrogens (tertiary/aromatic N) is 1. The van der Waals surface area contributed by atoms with E-state index in [2.05, 4.69) is 11.4 Å². The Morgan fingerprint density at radius 3 is 2.64 bits per heavy atom. The lowest BCUT2D eigenvalue weighted by Gasteiger charge is -2.21. The van der Waals surface area contributed by atoms with Crippen LogP contribution in [0.2, 0.25) is 0 Å². The Morgan fingerprint density at radius 2 is 2.07 bits per heavy atom. The summed E-state index contributed by atoms with van der Waals surface area (Å²) in [4.78, 5) is 0. The molecule has 0 heterocycles. The van der Waals surface area contributed by atoms with Gasteiger partial charge in [0.2, 0.25) is 0 Å². The van der Waals surface area contributed by atoms with E-state index in [-0.39, 0.29) is 12.1 Å². The third kappa shape index (κ3) is 3.24. The van der Waals surface area contributed by atoms with Crippen molar-refractivity contribution in [3.63, 3.8) is 0 Å². The summed E-state index contributed by atoms with van der Waals surface area (Å²) in [6, 6.07) is 2.33. The quantitative estimate of drug-likeness (QED) is 0.659. The molecular formula is C10H17FN2O. The van der Waals surface area contributed by atoms with Crippen molar-refractivity contribution in [3.05, 3.63) is 0 Å². The molecule has 1 rings (SSSR count). The van der Waals surface area contributed by atoms with Gasteiger partial charge >= 0.3 is 0 Å². The first kappa shape index (κ1) is 11.4. The van der Waals surface area contributed by atoms with Gasteiger partial charge in [-0.2, -0.15) is 5.26 Å². The number of rotatable bonds is 6. The normalized spacial score (nSPS) is 19.4. The molecule has 1 aliphatic carbocycles. The summed E-state index contributed by atoms with van der Waals surface area (Å²) in [7, 11) is 0. The van der Waals surface area contributed by atoms with Crippen molar-refractivity contribution < 1.29 is 9.13 Å². The molecule has 0 saturated heterocycles. The van der Waals surface area contributed by atoms with Crippen LogP contribution in [0.5, 0.6) is 0 Å². The van der Waals surface area contributed by atoms with Gasteiger partial charge in [0, 0.05) is 6.54 Å². The highest BCUT2D eigenvalue weighted by molar-refractivity contribution is 5.09. The molecule has 3 nitrogen and oxygen atoms in total. The Balaban J connectivity index is 2.13. The van der Waals surface area contributed by atoms with E-state index in [0.29, 0.717) is 13.2 Å². The lowest BCUT2D eigenvalue weighted by atomic mass is 10.0. The Hall–Kier alpha value is -0.660. The molecule has 14 heavy (non-hydrogen) atoms. The number of nitrogens with one attached hydrogen (secondary N) is 1. The highest BCUT2D eigenvalue weighted by Crippen LogP contribution is 2.28. The second-order valence-corrected chi connectivity index (χ2v) is 3.63. The number of nitriles is 1. The second-order valence-electron chi connectivity index (χ2n) is 3.63. The number of hydrogen-bond donors (Lipinski definition) is 1. The van der Waals surface area contributed by atoms with Crippen molar-refractivity contribution in [2.24, 2.45) is 0 Å². The Kier molecular flexibility index (Phi) is 4.85. The predicted octanol–water partition coefficient (Wildman–Crippen LogP) is 1.40. The Labute approximate surface area is 84.2 Å². The van der Waals surface area contributed by atoms with Crippen molar-refractivity contribution in [1.82, 2.24) is 5.32 Å². The minimum atomic E-state index is -0.441.